The van der Waals surface area contributed by atoms with Gasteiger partial charge in [0.1, 0.15) is 18.2 Å². The molecule has 1 aliphatic heterocycles. The van der Waals surface area contributed by atoms with Crippen LogP contribution in [0, 0.1) is 5.82 Å². The Morgan fingerprint density at radius 2 is 2.05 bits per heavy atom. The van der Waals surface area contributed by atoms with Gasteiger partial charge in [0.15, 0.2) is 0 Å². The van der Waals surface area contributed by atoms with Gasteiger partial charge in [-0.2, -0.15) is 0 Å². The maximum atomic E-state index is 12.7. The second-order valence-corrected chi connectivity index (χ2v) is 6.97. The number of rotatable bonds is 5. The molecule has 1 saturated heterocycles. The van der Waals surface area contributed by atoms with E-state index in [1.165, 1.54) is 28.6 Å². The molecule has 0 aromatic heterocycles. The van der Waals surface area contributed by atoms with Crippen molar-refractivity contribution in [1.82, 2.24) is 4.31 Å². The fraction of sp³-hybridized carbons (Fsp3) is 0.538. The summed E-state index contributed by atoms with van der Waals surface area (Å²) in [6, 6.07) is 5.40. The summed E-state index contributed by atoms with van der Waals surface area (Å²) in [5.41, 5.74) is 5.78. The minimum absolute atomic E-state index is 0.0414. The van der Waals surface area contributed by atoms with Crippen LogP contribution in [0.4, 0.5) is 4.39 Å². The number of sulfonamides is 1. The summed E-state index contributed by atoms with van der Waals surface area (Å²) in [6.07, 6.45) is 1.65. The first kappa shape index (κ1) is 15.2. The first-order valence-corrected chi connectivity index (χ1v) is 8.20. The van der Waals surface area contributed by atoms with E-state index in [2.05, 4.69) is 0 Å². The molecule has 5 nitrogen and oxygen atoms in total. The van der Waals surface area contributed by atoms with E-state index in [1.807, 2.05) is 0 Å². The fourth-order valence-electron chi connectivity index (χ4n) is 2.15. The Labute approximate surface area is 118 Å². The van der Waals surface area contributed by atoms with Crippen LogP contribution in [0.15, 0.2) is 24.3 Å². The molecule has 1 aromatic carbocycles. The van der Waals surface area contributed by atoms with E-state index in [1.54, 1.807) is 0 Å². The van der Waals surface area contributed by atoms with Crippen molar-refractivity contribution >= 4 is 10.0 Å². The van der Waals surface area contributed by atoms with Gasteiger partial charge < -0.3 is 10.5 Å². The van der Waals surface area contributed by atoms with E-state index in [-0.39, 0.29) is 24.2 Å². The molecule has 0 amide bonds. The van der Waals surface area contributed by atoms with Crippen LogP contribution < -0.4 is 10.5 Å². The van der Waals surface area contributed by atoms with E-state index in [4.69, 9.17) is 10.5 Å². The zero-order valence-electron chi connectivity index (χ0n) is 11.2. The number of benzene rings is 1. The Bertz CT molecular complexity index is 533. The van der Waals surface area contributed by atoms with Crippen molar-refractivity contribution in [3.8, 4) is 5.75 Å². The zero-order valence-corrected chi connectivity index (χ0v) is 12.0. The fourth-order valence-corrected chi connectivity index (χ4v) is 3.53. The number of piperidine rings is 1. The summed E-state index contributed by atoms with van der Waals surface area (Å²) < 4.78 is 43.7. The molecule has 112 valence electrons. The highest BCUT2D eigenvalue weighted by atomic mass is 32.2. The van der Waals surface area contributed by atoms with E-state index in [0.717, 1.165) is 12.8 Å². The lowest BCUT2D eigenvalue weighted by Crippen LogP contribution is -2.46. The summed E-state index contributed by atoms with van der Waals surface area (Å²) in [4.78, 5) is 0. The SMILES string of the molecule is N[C@H]1CCCN(S(=O)(=O)CCOc2ccc(F)cc2)C1. The number of nitrogens with zero attached hydrogens (tertiary/aromatic N) is 1. The molecule has 2 N–H and O–H groups in total. The van der Waals surface area contributed by atoms with Gasteiger partial charge in [-0.05, 0) is 37.1 Å². The van der Waals surface area contributed by atoms with E-state index >= 15 is 0 Å². The van der Waals surface area contributed by atoms with Crippen molar-refractivity contribution in [2.45, 2.75) is 18.9 Å². The van der Waals surface area contributed by atoms with Crippen LogP contribution in [-0.4, -0.2) is 44.2 Å². The number of nitrogens with two attached hydrogens (primary N) is 1. The van der Waals surface area contributed by atoms with Gasteiger partial charge in [-0.1, -0.05) is 0 Å². The quantitative estimate of drug-likeness (QED) is 0.879. The van der Waals surface area contributed by atoms with Gasteiger partial charge in [-0.25, -0.2) is 17.1 Å². The first-order chi connectivity index (χ1) is 9.47. The minimum Gasteiger partial charge on any atom is -0.492 e. The van der Waals surface area contributed by atoms with Gasteiger partial charge >= 0.3 is 0 Å². The third-order valence-electron chi connectivity index (χ3n) is 3.24. The maximum absolute atomic E-state index is 12.7. The second kappa shape index (κ2) is 6.51. The number of hydrogen-bond acceptors (Lipinski definition) is 4. The number of ether oxygens (including phenoxy) is 1. The molecule has 1 fully saturated rings. The summed E-state index contributed by atoms with van der Waals surface area (Å²) in [5, 5.41) is 0. The summed E-state index contributed by atoms with van der Waals surface area (Å²) in [7, 11) is -3.34. The van der Waals surface area contributed by atoms with Crippen LogP contribution in [-0.2, 0) is 10.0 Å². The van der Waals surface area contributed by atoms with Crippen molar-refractivity contribution in [2.75, 3.05) is 25.4 Å². The molecule has 1 aliphatic rings. The largest absolute Gasteiger partial charge is 0.492 e. The highest BCUT2D eigenvalue weighted by Crippen LogP contribution is 2.14. The van der Waals surface area contributed by atoms with Crippen LogP contribution in [0.2, 0.25) is 0 Å². The van der Waals surface area contributed by atoms with Crippen molar-refractivity contribution < 1.29 is 17.5 Å². The number of halogens is 1. The molecule has 0 radical (unpaired) electrons. The molecule has 0 aliphatic carbocycles. The van der Waals surface area contributed by atoms with Crippen LogP contribution >= 0.6 is 0 Å². The normalized spacial score (nSPS) is 20.8. The Morgan fingerprint density at radius 1 is 1.35 bits per heavy atom. The summed E-state index contributed by atoms with van der Waals surface area (Å²) >= 11 is 0. The smallest absolute Gasteiger partial charge is 0.217 e. The lowest BCUT2D eigenvalue weighted by molar-refractivity contribution is 0.305. The van der Waals surface area contributed by atoms with Crippen molar-refractivity contribution in [3.05, 3.63) is 30.1 Å². The molecule has 0 bridgehead atoms. The van der Waals surface area contributed by atoms with Crippen LogP contribution in [0.25, 0.3) is 0 Å². The van der Waals surface area contributed by atoms with Gasteiger partial charge in [0.2, 0.25) is 10.0 Å². The summed E-state index contributed by atoms with van der Waals surface area (Å²) in [5.74, 6) is 0.00103. The van der Waals surface area contributed by atoms with Crippen LogP contribution in [0.5, 0.6) is 5.75 Å². The lowest BCUT2D eigenvalue weighted by atomic mass is 10.1. The number of hydrogen-bond donors (Lipinski definition) is 1. The Morgan fingerprint density at radius 3 is 2.70 bits per heavy atom. The molecule has 20 heavy (non-hydrogen) atoms. The van der Waals surface area contributed by atoms with Crippen molar-refractivity contribution in [2.24, 2.45) is 5.73 Å². The average Bonchev–Trinajstić information content (AvgIpc) is 2.41. The predicted molar refractivity (Wildman–Crippen MR) is 74.5 cm³/mol. The molecule has 7 heteroatoms. The van der Waals surface area contributed by atoms with Gasteiger partial charge in [0.25, 0.3) is 0 Å². The molecule has 1 atom stereocenters. The third-order valence-corrected chi connectivity index (χ3v) is 5.04. The second-order valence-electron chi connectivity index (χ2n) is 4.88. The Hall–Kier alpha value is -1.18. The topological polar surface area (TPSA) is 72.6 Å². The molecular formula is C13H19FN2O3S. The Kier molecular flexibility index (Phi) is 4.95. The van der Waals surface area contributed by atoms with Crippen LogP contribution in [0.1, 0.15) is 12.8 Å². The molecule has 0 spiro atoms. The summed E-state index contributed by atoms with van der Waals surface area (Å²) in [6.45, 7) is 0.936. The average molecular weight is 302 g/mol. The maximum Gasteiger partial charge on any atom is 0.217 e. The monoisotopic (exact) mass is 302 g/mol. The van der Waals surface area contributed by atoms with Gasteiger partial charge in [-0.15, -0.1) is 0 Å². The molecule has 1 aromatic rings. The minimum atomic E-state index is -3.34. The zero-order chi connectivity index (χ0) is 14.6. The molecule has 0 saturated carbocycles. The highest BCUT2D eigenvalue weighted by molar-refractivity contribution is 7.89. The van der Waals surface area contributed by atoms with E-state index in [0.29, 0.717) is 18.8 Å². The van der Waals surface area contributed by atoms with Gasteiger partial charge in [0.05, 0.1) is 5.75 Å². The molecular weight excluding hydrogens is 283 g/mol. The first-order valence-electron chi connectivity index (χ1n) is 6.59. The van der Waals surface area contributed by atoms with Crippen molar-refractivity contribution in [1.29, 1.82) is 0 Å². The highest BCUT2D eigenvalue weighted by Gasteiger charge is 2.27. The lowest BCUT2D eigenvalue weighted by Gasteiger charge is -2.29. The Balaban J connectivity index is 1.84. The van der Waals surface area contributed by atoms with Crippen molar-refractivity contribution in [3.63, 3.8) is 0 Å². The van der Waals surface area contributed by atoms with Crippen LogP contribution in [0.3, 0.4) is 0 Å². The standard InChI is InChI=1S/C13H19FN2O3S/c14-11-3-5-13(6-4-11)19-8-9-20(17,18)16-7-1-2-12(15)10-16/h3-6,12H,1-2,7-10,15H2/t12-/m0/s1. The molecule has 1 heterocycles. The van der Waals surface area contributed by atoms with Gasteiger partial charge in [-0.3, -0.25) is 0 Å². The van der Waals surface area contributed by atoms with E-state index in [9.17, 15) is 12.8 Å². The third kappa shape index (κ3) is 4.16. The van der Waals surface area contributed by atoms with Gasteiger partial charge in [0, 0.05) is 19.1 Å². The predicted octanol–water partition coefficient (Wildman–Crippen LogP) is 0.957. The van der Waals surface area contributed by atoms with E-state index < -0.39 is 10.0 Å². The molecule has 2 rings (SSSR count). The molecule has 0 unspecified atom stereocenters.